The monoisotopic (exact) mass is 546 g/mol. The predicted octanol–water partition coefficient (Wildman–Crippen LogP) is 2.38. The Kier molecular flexibility index (Phi) is 7.05. The summed E-state index contributed by atoms with van der Waals surface area (Å²) in [6.45, 7) is 7.40. The lowest BCUT2D eigenvalue weighted by Crippen LogP contribution is -2.67. The van der Waals surface area contributed by atoms with Crippen LogP contribution in [0.15, 0.2) is 11.6 Å². The zero-order valence-electron chi connectivity index (χ0n) is 23.4. The molecular weight excluding hydrogens is 500 g/mol. The van der Waals surface area contributed by atoms with Gasteiger partial charge in [-0.15, -0.1) is 0 Å². The molecule has 1 saturated heterocycles. The minimum Gasteiger partial charge on any atom is -0.458 e. The molecule has 0 aromatic rings. The predicted molar refractivity (Wildman–Crippen MR) is 142 cm³/mol. The Labute approximate surface area is 231 Å². The van der Waals surface area contributed by atoms with Crippen molar-refractivity contribution in [1.82, 2.24) is 10.2 Å². The van der Waals surface area contributed by atoms with Crippen LogP contribution in [0.2, 0.25) is 0 Å². The Morgan fingerprint density at radius 2 is 1.95 bits per heavy atom. The Balaban J connectivity index is 1.09. The van der Waals surface area contributed by atoms with E-state index in [0.29, 0.717) is 38.4 Å². The third-order valence-electron chi connectivity index (χ3n) is 12.2. The first kappa shape index (κ1) is 27.5. The van der Waals surface area contributed by atoms with E-state index >= 15 is 0 Å². The summed E-state index contributed by atoms with van der Waals surface area (Å²) in [7, 11) is 0. The van der Waals surface area contributed by atoms with Crippen LogP contribution in [-0.2, 0) is 14.3 Å². The normalized spacial score (nSPS) is 47.6. The first-order valence-electron chi connectivity index (χ1n) is 15.2. The number of amides is 1. The zero-order valence-corrected chi connectivity index (χ0v) is 23.4. The molecule has 0 bridgehead atoms. The Hall–Kier alpha value is -1.68. The van der Waals surface area contributed by atoms with E-state index in [-0.39, 0.29) is 54.0 Å². The number of β-amino-alcohol motifs (C(OH)–C–C–N with tert-alkyl or cyclic N) is 1. The molecule has 0 radical (unpaired) electrons. The molecule has 0 aromatic carbocycles. The van der Waals surface area contributed by atoms with Crippen LogP contribution in [-0.4, -0.2) is 89.0 Å². The number of hydrogen-bond donors (Lipinski definition) is 4. The average molecular weight is 547 g/mol. The van der Waals surface area contributed by atoms with Crippen LogP contribution in [0.5, 0.6) is 0 Å². The lowest BCUT2D eigenvalue weighted by atomic mass is 9.42. The highest BCUT2D eigenvalue weighted by molar-refractivity contribution is 5.85. The average Bonchev–Trinajstić information content (AvgIpc) is 3.58. The summed E-state index contributed by atoms with van der Waals surface area (Å²) in [5.41, 5.74) is -0.760. The van der Waals surface area contributed by atoms with Gasteiger partial charge in [-0.3, -0.25) is 4.90 Å². The number of esters is 1. The number of carbonyl (C=O) groups excluding carboxylic acids is 2. The summed E-state index contributed by atoms with van der Waals surface area (Å²) in [4.78, 5) is 26.5. The second kappa shape index (κ2) is 10.00. The van der Waals surface area contributed by atoms with Crippen molar-refractivity contribution in [3.8, 4) is 0 Å². The number of hydrogen-bond acceptors (Lipinski definition) is 8. The van der Waals surface area contributed by atoms with Crippen molar-refractivity contribution in [3.05, 3.63) is 11.6 Å². The van der Waals surface area contributed by atoms with Gasteiger partial charge in [-0.1, -0.05) is 13.8 Å². The van der Waals surface area contributed by atoms with Gasteiger partial charge in [-0.2, -0.15) is 0 Å². The number of fused-ring (bicyclic) bond motifs is 5. The highest BCUT2D eigenvalue weighted by Crippen LogP contribution is 2.70. The summed E-state index contributed by atoms with van der Waals surface area (Å²) in [6.07, 6.45) is 7.46. The van der Waals surface area contributed by atoms with Crippen molar-refractivity contribution >= 4 is 12.1 Å². The second-order valence-electron chi connectivity index (χ2n) is 13.8. The number of aliphatic hydroxyl groups is 3. The van der Waals surface area contributed by atoms with E-state index in [1.807, 2.05) is 6.92 Å². The van der Waals surface area contributed by atoms with Gasteiger partial charge >= 0.3 is 12.1 Å². The summed E-state index contributed by atoms with van der Waals surface area (Å²) >= 11 is 0. The molecule has 6 aliphatic rings. The summed E-state index contributed by atoms with van der Waals surface area (Å²) in [5, 5.41) is 36.6. The minimum absolute atomic E-state index is 0.0162. The number of nitrogens with zero attached hydrogens (tertiary/aromatic N) is 1. The van der Waals surface area contributed by atoms with E-state index in [2.05, 4.69) is 17.1 Å². The number of rotatable bonds is 5. The number of nitrogens with one attached hydrogen (secondary N) is 1. The van der Waals surface area contributed by atoms with Crippen molar-refractivity contribution in [3.63, 3.8) is 0 Å². The number of ether oxygens (including phenoxy) is 2. The van der Waals surface area contributed by atoms with Gasteiger partial charge in [-0.05, 0) is 92.4 Å². The van der Waals surface area contributed by atoms with Crippen LogP contribution < -0.4 is 5.32 Å². The summed E-state index contributed by atoms with van der Waals surface area (Å²) < 4.78 is 11.1. The number of alkyl carbamates (subject to hydrolysis) is 1. The van der Waals surface area contributed by atoms with Gasteiger partial charge in [0.05, 0.1) is 17.8 Å². The van der Waals surface area contributed by atoms with E-state index < -0.39 is 17.1 Å². The number of aliphatic hydroxyl groups excluding tert-OH is 2. The van der Waals surface area contributed by atoms with Crippen molar-refractivity contribution in [2.24, 2.45) is 34.5 Å². The summed E-state index contributed by atoms with van der Waals surface area (Å²) in [5.74, 6) is 0.343. The van der Waals surface area contributed by atoms with Crippen molar-refractivity contribution in [2.45, 2.75) is 95.5 Å². The Morgan fingerprint density at radius 3 is 2.67 bits per heavy atom. The lowest BCUT2D eigenvalue weighted by molar-refractivity contribution is -0.244. The van der Waals surface area contributed by atoms with E-state index in [9.17, 15) is 24.9 Å². The van der Waals surface area contributed by atoms with Crippen LogP contribution in [0.1, 0.15) is 71.6 Å². The smallest absolute Gasteiger partial charge is 0.407 e. The molecule has 6 rings (SSSR count). The fraction of sp³-hybridized carbons (Fsp3) is 0.867. The Morgan fingerprint density at radius 1 is 1.13 bits per heavy atom. The highest BCUT2D eigenvalue weighted by atomic mass is 16.6. The van der Waals surface area contributed by atoms with Crippen LogP contribution in [0.25, 0.3) is 0 Å². The Bertz CT molecular complexity index is 1020. The molecule has 39 heavy (non-hydrogen) atoms. The van der Waals surface area contributed by atoms with Crippen LogP contribution in [0.3, 0.4) is 0 Å². The zero-order chi connectivity index (χ0) is 27.6. The van der Waals surface area contributed by atoms with Gasteiger partial charge in [0, 0.05) is 37.7 Å². The molecule has 9 heteroatoms. The molecule has 2 heterocycles. The SMILES string of the molecule is C[C@]12CC[C@H](OC(=O)NCCN3CC[C@@H](O)C3)C[C@H]1CC[C@@H]1[C@@H]2C[C@@H](O)[C@]2(C)[C@@H](C3=CC(=O)OC3)CC[C@]12O. The van der Waals surface area contributed by atoms with Gasteiger partial charge in [0.2, 0.25) is 0 Å². The van der Waals surface area contributed by atoms with E-state index in [1.54, 1.807) is 6.08 Å². The maximum atomic E-state index is 12.5. The largest absolute Gasteiger partial charge is 0.458 e. The minimum atomic E-state index is -0.973. The molecular formula is C30H46N2O7. The first-order chi connectivity index (χ1) is 18.5. The van der Waals surface area contributed by atoms with E-state index in [1.165, 1.54) is 0 Å². The molecule has 4 aliphatic carbocycles. The van der Waals surface area contributed by atoms with Crippen LogP contribution in [0, 0.1) is 34.5 Å². The molecule has 2 aliphatic heterocycles. The molecule has 9 nitrogen and oxygen atoms in total. The third kappa shape index (κ3) is 4.43. The quantitative estimate of drug-likeness (QED) is 0.387. The van der Waals surface area contributed by atoms with Gasteiger partial charge in [0.25, 0.3) is 0 Å². The highest BCUT2D eigenvalue weighted by Gasteiger charge is 2.70. The maximum Gasteiger partial charge on any atom is 0.407 e. The second-order valence-corrected chi connectivity index (χ2v) is 13.8. The third-order valence-corrected chi connectivity index (χ3v) is 12.2. The van der Waals surface area contributed by atoms with Crippen LogP contribution >= 0.6 is 0 Å². The van der Waals surface area contributed by atoms with Gasteiger partial charge in [-0.25, -0.2) is 9.59 Å². The molecule has 0 unspecified atom stereocenters. The van der Waals surface area contributed by atoms with E-state index in [4.69, 9.17) is 9.47 Å². The molecule has 0 aromatic heterocycles. The standard InChI is InChI=1S/C30H46N2O7/c1-28-8-5-21(39-27(36)31-10-12-32-11-7-20(33)16-32)14-19(28)3-4-23-24(28)15-25(34)29(2)22(6-9-30(23,29)37)18-13-26(35)38-17-18/h13,19-25,33-34,37H,3-12,14-17H2,1-2H3,(H,31,36)/t19-,20-,21+,22-,23-,24+,25-,28+,29+,30+/m1/s1. The lowest BCUT2D eigenvalue weighted by Gasteiger charge is -2.65. The molecule has 10 atom stereocenters. The van der Waals surface area contributed by atoms with Gasteiger partial charge in [0.15, 0.2) is 0 Å². The van der Waals surface area contributed by atoms with E-state index in [0.717, 1.165) is 57.1 Å². The summed E-state index contributed by atoms with van der Waals surface area (Å²) in [6, 6.07) is 0. The van der Waals surface area contributed by atoms with Crippen molar-refractivity contribution in [2.75, 3.05) is 32.8 Å². The molecule has 5 fully saturated rings. The number of cyclic esters (lactones) is 1. The van der Waals surface area contributed by atoms with Crippen LogP contribution in [0.4, 0.5) is 4.79 Å². The molecule has 0 spiro atoms. The molecule has 1 amide bonds. The fourth-order valence-electron chi connectivity index (χ4n) is 9.98. The van der Waals surface area contributed by atoms with Gasteiger partial charge in [0.1, 0.15) is 12.7 Å². The molecule has 218 valence electrons. The van der Waals surface area contributed by atoms with Crippen molar-refractivity contribution < 1.29 is 34.4 Å². The van der Waals surface area contributed by atoms with Gasteiger partial charge < -0.3 is 30.1 Å². The maximum absolute atomic E-state index is 12.5. The number of carbonyl (C=O) groups is 2. The fourth-order valence-corrected chi connectivity index (χ4v) is 9.98. The first-order valence-corrected chi connectivity index (χ1v) is 15.2. The van der Waals surface area contributed by atoms with Crippen molar-refractivity contribution in [1.29, 1.82) is 0 Å². The molecule has 4 N–H and O–H groups in total. The topological polar surface area (TPSA) is 129 Å². The number of likely N-dealkylation sites (tertiary alicyclic amines) is 1. The molecule has 4 saturated carbocycles.